The van der Waals surface area contributed by atoms with E-state index in [2.05, 4.69) is 13.8 Å². The fraction of sp³-hybridized carbons (Fsp3) is 0.741. The van der Waals surface area contributed by atoms with Crippen molar-refractivity contribution in [1.29, 1.82) is 5.26 Å². The zero-order valence-corrected chi connectivity index (χ0v) is 18.6. The topological polar surface area (TPSA) is 23.8 Å². The minimum absolute atomic E-state index is 0.163. The Hall–Kier alpha value is -1.36. The number of hydrogen-bond donors (Lipinski definition) is 0. The first-order valence-electron chi connectivity index (χ1n) is 12.3. The molecule has 2 aliphatic rings. The lowest BCUT2D eigenvalue weighted by molar-refractivity contribution is 0.169. The van der Waals surface area contributed by atoms with Gasteiger partial charge in [-0.25, -0.2) is 4.39 Å². The maximum Gasteiger partial charge on any atom is 0.141 e. The van der Waals surface area contributed by atoms with Gasteiger partial charge in [0.2, 0.25) is 0 Å². The molecule has 2 saturated carbocycles. The van der Waals surface area contributed by atoms with Gasteiger partial charge in [0.05, 0.1) is 5.56 Å². The predicted octanol–water partition coefficient (Wildman–Crippen LogP) is 8.38. The third-order valence-corrected chi connectivity index (χ3v) is 8.05. The molecule has 29 heavy (non-hydrogen) atoms. The van der Waals surface area contributed by atoms with Crippen molar-refractivity contribution < 1.29 is 4.39 Å². The number of halogens is 1. The Morgan fingerprint density at radius 1 is 1.00 bits per heavy atom. The third-order valence-electron chi connectivity index (χ3n) is 8.05. The van der Waals surface area contributed by atoms with Crippen LogP contribution in [0.15, 0.2) is 18.2 Å². The highest BCUT2D eigenvalue weighted by Crippen LogP contribution is 2.42. The largest absolute Gasteiger partial charge is 0.206 e. The van der Waals surface area contributed by atoms with Gasteiger partial charge in [0, 0.05) is 0 Å². The fourth-order valence-electron chi connectivity index (χ4n) is 6.05. The monoisotopic (exact) mass is 397 g/mol. The summed E-state index contributed by atoms with van der Waals surface area (Å²) < 4.78 is 14.0. The van der Waals surface area contributed by atoms with Crippen molar-refractivity contribution in [2.45, 2.75) is 103 Å². The molecule has 1 unspecified atom stereocenters. The van der Waals surface area contributed by atoms with E-state index in [9.17, 15) is 4.39 Å². The maximum absolute atomic E-state index is 14.0. The number of benzene rings is 1. The van der Waals surface area contributed by atoms with E-state index in [1.807, 2.05) is 12.1 Å². The Balaban J connectivity index is 1.39. The van der Waals surface area contributed by atoms with E-state index < -0.39 is 0 Å². The number of nitrogens with zero attached hydrogens (tertiary/aromatic N) is 1. The summed E-state index contributed by atoms with van der Waals surface area (Å²) in [4.78, 5) is 0. The molecule has 0 aromatic heterocycles. The highest BCUT2D eigenvalue weighted by atomic mass is 19.1. The molecule has 0 radical (unpaired) electrons. The van der Waals surface area contributed by atoms with Crippen LogP contribution >= 0.6 is 0 Å². The molecule has 1 atom stereocenters. The molecule has 2 aliphatic carbocycles. The summed E-state index contributed by atoms with van der Waals surface area (Å²) in [5.41, 5.74) is 1.26. The summed E-state index contributed by atoms with van der Waals surface area (Å²) in [5.74, 6) is 3.79. The van der Waals surface area contributed by atoms with Crippen LogP contribution in [-0.2, 0) is 0 Å². The standard InChI is InChI=1S/C27H40FN/c1-3-4-5-6-21-7-11-23(12-8-21)20(2)17-22-9-13-24(14-10-22)25-15-16-26(19-29)27(28)18-25/h15-16,18,20-24H,3-14,17H2,1-2H3. The van der Waals surface area contributed by atoms with Crippen LogP contribution in [0.4, 0.5) is 4.39 Å². The summed E-state index contributed by atoms with van der Waals surface area (Å²) in [7, 11) is 0. The molecule has 0 spiro atoms. The van der Waals surface area contributed by atoms with Crippen molar-refractivity contribution in [2.24, 2.45) is 23.7 Å². The van der Waals surface area contributed by atoms with Crippen molar-refractivity contribution in [3.05, 3.63) is 35.1 Å². The van der Waals surface area contributed by atoms with E-state index in [0.29, 0.717) is 5.92 Å². The average molecular weight is 398 g/mol. The van der Waals surface area contributed by atoms with Gasteiger partial charge in [-0.2, -0.15) is 5.26 Å². The molecule has 0 heterocycles. The molecule has 2 fully saturated rings. The van der Waals surface area contributed by atoms with E-state index in [1.165, 1.54) is 83.5 Å². The van der Waals surface area contributed by atoms with E-state index in [4.69, 9.17) is 5.26 Å². The van der Waals surface area contributed by atoms with Gasteiger partial charge in [-0.1, -0.05) is 58.4 Å². The van der Waals surface area contributed by atoms with Crippen molar-refractivity contribution in [3.63, 3.8) is 0 Å². The Morgan fingerprint density at radius 2 is 1.69 bits per heavy atom. The van der Waals surface area contributed by atoms with E-state index in [1.54, 1.807) is 12.1 Å². The van der Waals surface area contributed by atoms with Crippen molar-refractivity contribution >= 4 is 0 Å². The van der Waals surface area contributed by atoms with Crippen LogP contribution < -0.4 is 0 Å². The van der Waals surface area contributed by atoms with Crippen LogP contribution in [0.25, 0.3) is 0 Å². The highest BCUT2D eigenvalue weighted by Gasteiger charge is 2.29. The summed E-state index contributed by atoms with van der Waals surface area (Å²) in [5, 5.41) is 8.92. The minimum Gasteiger partial charge on any atom is -0.206 e. The molecule has 0 N–H and O–H groups in total. The molecule has 2 heteroatoms. The summed E-state index contributed by atoms with van der Waals surface area (Å²) in [6.07, 6.45) is 17.8. The molecule has 1 aromatic rings. The fourth-order valence-corrected chi connectivity index (χ4v) is 6.05. The maximum atomic E-state index is 14.0. The Labute approximate surface area is 178 Å². The first kappa shape index (κ1) is 22.3. The molecule has 1 aromatic carbocycles. The summed E-state index contributed by atoms with van der Waals surface area (Å²) in [6, 6.07) is 7.14. The Bertz CT molecular complexity index is 660. The van der Waals surface area contributed by atoms with E-state index in [-0.39, 0.29) is 11.4 Å². The number of hydrogen-bond acceptors (Lipinski definition) is 1. The lowest BCUT2D eigenvalue weighted by Gasteiger charge is -2.36. The van der Waals surface area contributed by atoms with Crippen LogP contribution in [0.1, 0.15) is 114 Å². The SMILES string of the molecule is CCCCCC1CCC(C(C)CC2CCC(c3ccc(C#N)c(F)c3)CC2)CC1. The second-order valence-electron chi connectivity index (χ2n) is 10.1. The first-order chi connectivity index (χ1) is 14.1. The summed E-state index contributed by atoms with van der Waals surface area (Å²) in [6.45, 7) is 4.80. The average Bonchev–Trinajstić information content (AvgIpc) is 2.75. The van der Waals surface area contributed by atoms with Crippen LogP contribution in [0, 0.1) is 40.8 Å². The van der Waals surface area contributed by atoms with Gasteiger partial charge in [-0.05, 0) is 92.2 Å². The van der Waals surface area contributed by atoms with Gasteiger partial charge in [-0.15, -0.1) is 0 Å². The predicted molar refractivity (Wildman–Crippen MR) is 119 cm³/mol. The zero-order chi connectivity index (χ0) is 20.6. The van der Waals surface area contributed by atoms with Gasteiger partial charge in [0.1, 0.15) is 11.9 Å². The number of rotatable bonds is 8. The third kappa shape index (κ3) is 6.31. The van der Waals surface area contributed by atoms with Gasteiger partial charge in [0.25, 0.3) is 0 Å². The van der Waals surface area contributed by atoms with Crippen molar-refractivity contribution in [1.82, 2.24) is 0 Å². The normalized spacial score (nSPS) is 28.6. The lowest BCUT2D eigenvalue weighted by atomic mass is 9.70. The van der Waals surface area contributed by atoms with Crippen molar-refractivity contribution in [3.8, 4) is 6.07 Å². The van der Waals surface area contributed by atoms with Crippen LogP contribution in [0.2, 0.25) is 0 Å². The molecule has 160 valence electrons. The molecule has 1 nitrogen and oxygen atoms in total. The second-order valence-corrected chi connectivity index (χ2v) is 10.1. The summed E-state index contributed by atoms with van der Waals surface area (Å²) >= 11 is 0. The quantitative estimate of drug-likeness (QED) is 0.404. The van der Waals surface area contributed by atoms with Gasteiger partial charge in [0.15, 0.2) is 0 Å². The molecule has 0 bridgehead atoms. The molecule has 0 aliphatic heterocycles. The van der Waals surface area contributed by atoms with Crippen LogP contribution in [0.3, 0.4) is 0 Å². The van der Waals surface area contributed by atoms with E-state index >= 15 is 0 Å². The molecule has 3 rings (SSSR count). The number of unbranched alkanes of at least 4 members (excludes halogenated alkanes) is 2. The van der Waals surface area contributed by atoms with Crippen LogP contribution in [0.5, 0.6) is 0 Å². The number of nitriles is 1. The zero-order valence-electron chi connectivity index (χ0n) is 18.6. The molecule has 0 saturated heterocycles. The lowest BCUT2D eigenvalue weighted by Crippen LogP contribution is -2.23. The minimum atomic E-state index is -0.356. The van der Waals surface area contributed by atoms with Crippen molar-refractivity contribution in [2.75, 3.05) is 0 Å². The van der Waals surface area contributed by atoms with Gasteiger partial charge >= 0.3 is 0 Å². The first-order valence-corrected chi connectivity index (χ1v) is 12.3. The Kier molecular flexibility index (Phi) is 8.58. The van der Waals surface area contributed by atoms with Crippen LogP contribution in [-0.4, -0.2) is 0 Å². The van der Waals surface area contributed by atoms with Gasteiger partial charge in [-0.3, -0.25) is 0 Å². The molecular weight excluding hydrogens is 357 g/mol. The molecule has 0 amide bonds. The molecular formula is C27H40FN. The highest BCUT2D eigenvalue weighted by molar-refractivity contribution is 5.34. The smallest absolute Gasteiger partial charge is 0.141 e. The van der Waals surface area contributed by atoms with E-state index in [0.717, 1.165) is 29.2 Å². The van der Waals surface area contributed by atoms with Gasteiger partial charge < -0.3 is 0 Å². The Morgan fingerprint density at radius 3 is 2.31 bits per heavy atom. The second kappa shape index (κ2) is 11.1.